The monoisotopic (exact) mass is 473 g/mol. The van der Waals surface area contributed by atoms with Gasteiger partial charge in [-0.1, -0.05) is 17.3 Å². The molecular formula is C22H27N5O7. The van der Waals surface area contributed by atoms with Crippen molar-refractivity contribution >= 4 is 36.2 Å². The summed E-state index contributed by atoms with van der Waals surface area (Å²) < 4.78 is 5.79. The molecule has 2 atom stereocenters. The third-order valence-corrected chi connectivity index (χ3v) is 5.02. The lowest BCUT2D eigenvalue weighted by molar-refractivity contribution is -0.145. The number of carbonyl (C=O) groups excluding carboxylic acids is 2. The van der Waals surface area contributed by atoms with Gasteiger partial charge >= 0.3 is 17.9 Å². The second-order valence-corrected chi connectivity index (χ2v) is 7.50. The minimum absolute atomic E-state index is 0.0697. The second kappa shape index (κ2) is 12.8. The Morgan fingerprint density at radius 1 is 1.18 bits per heavy atom. The summed E-state index contributed by atoms with van der Waals surface area (Å²) in [7, 11) is 1.19. The predicted octanol–water partition coefficient (Wildman–Crippen LogP) is 1.32. The fourth-order valence-corrected chi connectivity index (χ4v) is 3.22. The van der Waals surface area contributed by atoms with Crippen molar-refractivity contribution in [2.75, 3.05) is 7.11 Å². The molecule has 0 aliphatic heterocycles. The molecule has 0 fully saturated rings. The maximum absolute atomic E-state index is 12.4. The van der Waals surface area contributed by atoms with Gasteiger partial charge in [0, 0.05) is 25.5 Å². The number of nitrogens with one attached hydrogen (secondary N) is 1. The number of rotatable bonds is 14. The average molecular weight is 473 g/mol. The molecule has 0 saturated carbocycles. The summed E-state index contributed by atoms with van der Waals surface area (Å²) in [5.74, 6) is -3.43. The van der Waals surface area contributed by atoms with E-state index in [0.29, 0.717) is 12.8 Å². The topological polar surface area (TPSA) is 173 Å². The molecule has 1 heterocycles. The molecule has 0 spiro atoms. The highest BCUT2D eigenvalue weighted by Crippen LogP contribution is 2.15. The molecule has 1 aromatic carbocycles. The highest BCUT2D eigenvalue weighted by Gasteiger charge is 2.26. The van der Waals surface area contributed by atoms with Crippen LogP contribution in [0.4, 0.5) is 5.69 Å². The number of aliphatic carboxylic acids is 2. The summed E-state index contributed by atoms with van der Waals surface area (Å²) in [6.07, 6.45) is 2.09. The fraction of sp³-hybridized carbons (Fsp3) is 0.409. The van der Waals surface area contributed by atoms with Gasteiger partial charge in [-0.2, -0.15) is 0 Å². The van der Waals surface area contributed by atoms with Crippen molar-refractivity contribution in [2.24, 2.45) is 4.99 Å². The van der Waals surface area contributed by atoms with Crippen molar-refractivity contribution in [1.29, 1.82) is 0 Å². The molecule has 34 heavy (non-hydrogen) atoms. The van der Waals surface area contributed by atoms with Crippen molar-refractivity contribution in [3.63, 3.8) is 0 Å². The molecule has 1 aromatic heterocycles. The number of esters is 1. The molecule has 182 valence electrons. The average Bonchev–Trinajstić information content (AvgIpc) is 3.26. The van der Waals surface area contributed by atoms with Gasteiger partial charge in [0.2, 0.25) is 5.91 Å². The number of nitrogens with zero attached hydrogens (tertiary/aromatic N) is 4. The maximum Gasteiger partial charge on any atom is 0.328 e. The smallest absolute Gasteiger partial charge is 0.328 e. The van der Waals surface area contributed by atoms with Gasteiger partial charge in [-0.05, 0) is 43.7 Å². The Labute approximate surface area is 195 Å². The van der Waals surface area contributed by atoms with Crippen LogP contribution in [0.5, 0.6) is 0 Å². The number of hydrogen-bond acceptors (Lipinski definition) is 8. The van der Waals surface area contributed by atoms with Crippen molar-refractivity contribution < 1.29 is 34.1 Å². The fourth-order valence-electron chi connectivity index (χ4n) is 3.22. The molecular weight excluding hydrogens is 446 g/mol. The summed E-state index contributed by atoms with van der Waals surface area (Å²) >= 11 is 0. The van der Waals surface area contributed by atoms with Crippen LogP contribution in [0.25, 0.3) is 0 Å². The van der Waals surface area contributed by atoms with E-state index in [9.17, 15) is 24.3 Å². The summed E-state index contributed by atoms with van der Waals surface area (Å²) in [4.78, 5) is 50.6. The van der Waals surface area contributed by atoms with Gasteiger partial charge in [0.05, 0.1) is 18.5 Å². The molecule has 0 bridgehead atoms. The Morgan fingerprint density at radius 3 is 2.47 bits per heavy atom. The van der Waals surface area contributed by atoms with E-state index < -0.39 is 30.0 Å². The number of ether oxygens (including phenoxy) is 1. The Bertz CT molecular complexity index is 1020. The highest BCUT2D eigenvalue weighted by atomic mass is 16.5. The Morgan fingerprint density at radius 2 is 1.88 bits per heavy atom. The van der Waals surface area contributed by atoms with E-state index in [-0.39, 0.29) is 37.3 Å². The summed E-state index contributed by atoms with van der Waals surface area (Å²) in [5, 5.41) is 28.4. The van der Waals surface area contributed by atoms with Crippen LogP contribution in [0.3, 0.4) is 0 Å². The van der Waals surface area contributed by atoms with Crippen molar-refractivity contribution in [2.45, 2.75) is 50.6 Å². The van der Waals surface area contributed by atoms with Crippen LogP contribution in [0, 0.1) is 0 Å². The number of carboxylic acid groups (broad SMARTS) is 2. The van der Waals surface area contributed by atoms with Crippen molar-refractivity contribution in [3.8, 4) is 0 Å². The SMILES string of the molecule is C=Nc1ccc(CCCC(=O)NC(Cc2cn(C(CCC(=O)O)C(=O)O)nn2)C(=O)OC)cc1. The number of aromatic nitrogens is 3. The second-order valence-electron chi connectivity index (χ2n) is 7.50. The third kappa shape index (κ3) is 8.11. The predicted molar refractivity (Wildman–Crippen MR) is 120 cm³/mol. The van der Waals surface area contributed by atoms with E-state index in [2.05, 4.69) is 27.3 Å². The normalized spacial score (nSPS) is 12.4. The number of carboxylic acids is 2. The molecule has 12 heteroatoms. The van der Waals surface area contributed by atoms with Crippen molar-refractivity contribution in [1.82, 2.24) is 20.3 Å². The minimum Gasteiger partial charge on any atom is -0.481 e. The number of amides is 1. The van der Waals surface area contributed by atoms with Gasteiger partial charge in [0.15, 0.2) is 6.04 Å². The molecule has 0 radical (unpaired) electrons. The highest BCUT2D eigenvalue weighted by molar-refractivity contribution is 5.84. The number of aliphatic imine (C=N–C) groups is 1. The first-order valence-corrected chi connectivity index (χ1v) is 10.5. The molecule has 12 nitrogen and oxygen atoms in total. The molecule has 2 rings (SSSR count). The number of benzene rings is 1. The first kappa shape index (κ1) is 26.2. The number of aryl methyl sites for hydroxylation is 1. The largest absolute Gasteiger partial charge is 0.481 e. The Kier molecular flexibility index (Phi) is 9.87. The molecule has 0 aliphatic carbocycles. The zero-order valence-corrected chi connectivity index (χ0v) is 18.7. The van der Waals surface area contributed by atoms with Crippen LogP contribution >= 0.6 is 0 Å². The molecule has 0 aliphatic rings. The van der Waals surface area contributed by atoms with Gasteiger partial charge in [-0.25, -0.2) is 14.3 Å². The molecule has 1 amide bonds. The summed E-state index contributed by atoms with van der Waals surface area (Å²) in [5.41, 5.74) is 2.04. The van der Waals surface area contributed by atoms with Crippen molar-refractivity contribution in [3.05, 3.63) is 41.7 Å². The first-order chi connectivity index (χ1) is 16.2. The summed E-state index contributed by atoms with van der Waals surface area (Å²) in [6, 6.07) is 5.22. The van der Waals surface area contributed by atoms with Crippen LogP contribution < -0.4 is 5.32 Å². The van der Waals surface area contributed by atoms with Gasteiger partial charge in [-0.3, -0.25) is 14.6 Å². The van der Waals surface area contributed by atoms with E-state index in [1.165, 1.54) is 13.3 Å². The summed E-state index contributed by atoms with van der Waals surface area (Å²) in [6.45, 7) is 3.46. The standard InChI is InChI=1S/C22H27N5O7/c1-23-15-8-6-14(7-9-15)4-3-5-19(28)24-17(22(33)34-2)12-16-13-27(26-25-16)18(21(31)32)10-11-20(29)30/h6-9,13,17-18H,1,3-5,10-12H2,2H3,(H,24,28)(H,29,30)(H,31,32). The number of hydrogen-bond donors (Lipinski definition) is 3. The van der Waals surface area contributed by atoms with E-state index in [1.54, 1.807) is 0 Å². The number of carbonyl (C=O) groups is 4. The van der Waals surface area contributed by atoms with Crippen LogP contribution in [0.15, 0.2) is 35.5 Å². The van der Waals surface area contributed by atoms with E-state index >= 15 is 0 Å². The van der Waals surface area contributed by atoms with Gasteiger partial charge in [-0.15, -0.1) is 5.10 Å². The van der Waals surface area contributed by atoms with Crippen LogP contribution in [-0.2, 0) is 36.8 Å². The van der Waals surface area contributed by atoms with E-state index in [1.807, 2.05) is 24.3 Å². The van der Waals surface area contributed by atoms with Crippen LogP contribution in [0.1, 0.15) is 43.0 Å². The minimum atomic E-state index is -1.26. The number of methoxy groups -OCH3 is 1. The third-order valence-electron chi connectivity index (χ3n) is 5.02. The van der Waals surface area contributed by atoms with Gasteiger partial charge in [0.1, 0.15) is 6.04 Å². The lowest BCUT2D eigenvalue weighted by Crippen LogP contribution is -2.43. The first-order valence-electron chi connectivity index (χ1n) is 10.5. The maximum atomic E-state index is 12.4. The Balaban J connectivity index is 1.95. The zero-order valence-electron chi connectivity index (χ0n) is 18.7. The molecule has 2 aromatic rings. The van der Waals surface area contributed by atoms with Crippen LogP contribution in [0.2, 0.25) is 0 Å². The quantitative estimate of drug-likeness (QED) is 0.270. The van der Waals surface area contributed by atoms with Gasteiger partial charge in [0.25, 0.3) is 0 Å². The van der Waals surface area contributed by atoms with E-state index in [0.717, 1.165) is 15.9 Å². The molecule has 3 N–H and O–H groups in total. The molecule has 0 saturated heterocycles. The lowest BCUT2D eigenvalue weighted by atomic mass is 10.1. The van der Waals surface area contributed by atoms with E-state index in [4.69, 9.17) is 9.84 Å². The Hall–Kier alpha value is -4.09. The van der Waals surface area contributed by atoms with Crippen LogP contribution in [-0.4, -0.2) is 68.9 Å². The zero-order chi connectivity index (χ0) is 25.1. The van der Waals surface area contributed by atoms with Gasteiger partial charge < -0.3 is 20.3 Å². The molecule has 2 unspecified atom stereocenters. The lowest BCUT2D eigenvalue weighted by Gasteiger charge is -2.15.